The average Bonchev–Trinajstić information content (AvgIpc) is 2.64. The van der Waals surface area contributed by atoms with Crippen molar-refractivity contribution in [3.05, 3.63) is 34.3 Å². The first-order valence-corrected chi connectivity index (χ1v) is 6.96. The molecule has 0 radical (unpaired) electrons. The molecular weight excluding hydrogens is 262 g/mol. The van der Waals surface area contributed by atoms with Crippen molar-refractivity contribution in [1.82, 2.24) is 5.32 Å². The standard InChI is InChI=1S/C14H20BrN/c1-10-7-8-12(9-10)16-11(2)13-5-3-4-6-14(13)15/h3-6,10-12,16H,7-9H2,1-2H3/t10?,11-,12?/m1/s1. The van der Waals surface area contributed by atoms with Gasteiger partial charge in [-0.25, -0.2) is 0 Å². The molecule has 0 amide bonds. The summed E-state index contributed by atoms with van der Waals surface area (Å²) in [5.74, 6) is 0.893. The van der Waals surface area contributed by atoms with Crippen LogP contribution in [0.5, 0.6) is 0 Å². The van der Waals surface area contributed by atoms with Crippen LogP contribution in [0.4, 0.5) is 0 Å². The van der Waals surface area contributed by atoms with Crippen molar-refractivity contribution in [3.63, 3.8) is 0 Å². The maximum Gasteiger partial charge on any atom is 0.0305 e. The fourth-order valence-corrected chi connectivity index (χ4v) is 3.26. The summed E-state index contributed by atoms with van der Waals surface area (Å²) in [4.78, 5) is 0. The van der Waals surface area contributed by atoms with E-state index in [-0.39, 0.29) is 0 Å². The number of rotatable bonds is 3. The van der Waals surface area contributed by atoms with Crippen molar-refractivity contribution in [3.8, 4) is 0 Å². The number of halogens is 1. The SMILES string of the molecule is CC1CCC(N[C@H](C)c2ccccc2Br)C1. The van der Waals surface area contributed by atoms with Crippen LogP contribution in [0.2, 0.25) is 0 Å². The van der Waals surface area contributed by atoms with Gasteiger partial charge in [-0.1, -0.05) is 41.1 Å². The number of hydrogen-bond donors (Lipinski definition) is 1. The Labute approximate surface area is 107 Å². The Morgan fingerprint density at radius 2 is 2.06 bits per heavy atom. The van der Waals surface area contributed by atoms with Crippen LogP contribution in [0, 0.1) is 5.92 Å². The molecular formula is C14H20BrN. The van der Waals surface area contributed by atoms with Gasteiger partial charge >= 0.3 is 0 Å². The molecule has 1 aromatic carbocycles. The van der Waals surface area contributed by atoms with Gasteiger partial charge in [-0.2, -0.15) is 0 Å². The monoisotopic (exact) mass is 281 g/mol. The minimum atomic E-state index is 0.436. The highest BCUT2D eigenvalue weighted by molar-refractivity contribution is 9.10. The van der Waals surface area contributed by atoms with Crippen LogP contribution in [0.15, 0.2) is 28.7 Å². The second kappa shape index (κ2) is 5.33. The second-order valence-corrected chi connectivity index (χ2v) is 5.88. The minimum Gasteiger partial charge on any atom is -0.307 e. The zero-order chi connectivity index (χ0) is 11.5. The number of hydrogen-bond acceptors (Lipinski definition) is 1. The van der Waals surface area contributed by atoms with Crippen LogP contribution in [0.25, 0.3) is 0 Å². The van der Waals surface area contributed by atoms with Gasteiger partial charge in [-0.15, -0.1) is 0 Å². The van der Waals surface area contributed by atoms with E-state index in [4.69, 9.17) is 0 Å². The van der Waals surface area contributed by atoms with Crippen molar-refractivity contribution in [2.24, 2.45) is 5.92 Å². The lowest BCUT2D eigenvalue weighted by atomic mass is 10.1. The maximum atomic E-state index is 3.74. The molecule has 88 valence electrons. The molecule has 16 heavy (non-hydrogen) atoms. The third-order valence-electron chi connectivity index (χ3n) is 3.55. The molecule has 2 unspecified atom stereocenters. The Balaban J connectivity index is 1.98. The number of benzene rings is 1. The van der Waals surface area contributed by atoms with E-state index < -0.39 is 0 Å². The van der Waals surface area contributed by atoms with Gasteiger partial charge in [-0.05, 0) is 43.7 Å². The highest BCUT2D eigenvalue weighted by atomic mass is 79.9. The molecule has 0 saturated heterocycles. The molecule has 1 nitrogen and oxygen atoms in total. The van der Waals surface area contributed by atoms with Gasteiger partial charge in [0.1, 0.15) is 0 Å². The van der Waals surface area contributed by atoms with Crippen LogP contribution in [-0.2, 0) is 0 Å². The largest absolute Gasteiger partial charge is 0.307 e. The molecule has 1 saturated carbocycles. The van der Waals surface area contributed by atoms with Crippen molar-refractivity contribution in [1.29, 1.82) is 0 Å². The highest BCUT2D eigenvalue weighted by Crippen LogP contribution is 2.28. The van der Waals surface area contributed by atoms with Gasteiger partial charge in [0.05, 0.1) is 0 Å². The van der Waals surface area contributed by atoms with E-state index in [2.05, 4.69) is 59.4 Å². The summed E-state index contributed by atoms with van der Waals surface area (Å²) in [5, 5.41) is 3.74. The molecule has 1 aliphatic rings. The van der Waals surface area contributed by atoms with Gasteiger partial charge in [0, 0.05) is 16.6 Å². The molecule has 0 heterocycles. The summed E-state index contributed by atoms with van der Waals surface area (Å²) in [7, 11) is 0. The summed E-state index contributed by atoms with van der Waals surface area (Å²) in [6.07, 6.45) is 4.03. The van der Waals surface area contributed by atoms with Gasteiger partial charge in [0.2, 0.25) is 0 Å². The Morgan fingerprint density at radius 1 is 1.31 bits per heavy atom. The van der Waals surface area contributed by atoms with Crippen molar-refractivity contribution in [2.45, 2.75) is 45.2 Å². The zero-order valence-corrected chi connectivity index (χ0v) is 11.6. The molecule has 1 fully saturated rings. The van der Waals surface area contributed by atoms with Gasteiger partial charge in [0.15, 0.2) is 0 Å². The molecule has 1 N–H and O–H groups in total. The predicted molar refractivity (Wildman–Crippen MR) is 72.5 cm³/mol. The normalized spacial score (nSPS) is 26.9. The first kappa shape index (κ1) is 12.1. The lowest BCUT2D eigenvalue weighted by Gasteiger charge is -2.20. The first-order valence-electron chi connectivity index (χ1n) is 6.17. The van der Waals surface area contributed by atoms with E-state index in [1.54, 1.807) is 0 Å². The van der Waals surface area contributed by atoms with E-state index >= 15 is 0 Å². The van der Waals surface area contributed by atoms with Gasteiger partial charge in [0.25, 0.3) is 0 Å². The van der Waals surface area contributed by atoms with E-state index in [1.165, 1.54) is 29.3 Å². The Hall–Kier alpha value is -0.340. The Morgan fingerprint density at radius 3 is 2.69 bits per heavy atom. The molecule has 0 spiro atoms. The maximum absolute atomic E-state index is 3.74. The van der Waals surface area contributed by atoms with Crippen LogP contribution in [0.3, 0.4) is 0 Å². The van der Waals surface area contributed by atoms with E-state index in [9.17, 15) is 0 Å². The van der Waals surface area contributed by atoms with Crippen LogP contribution < -0.4 is 5.32 Å². The van der Waals surface area contributed by atoms with Crippen molar-refractivity contribution >= 4 is 15.9 Å². The van der Waals surface area contributed by atoms with E-state index in [1.807, 2.05) is 0 Å². The summed E-state index contributed by atoms with van der Waals surface area (Å²) in [5.41, 5.74) is 1.36. The summed E-state index contributed by atoms with van der Waals surface area (Å²) < 4.78 is 1.21. The number of nitrogens with one attached hydrogen (secondary N) is 1. The molecule has 2 heteroatoms. The van der Waals surface area contributed by atoms with E-state index in [0.717, 1.165) is 5.92 Å². The average molecular weight is 282 g/mol. The topological polar surface area (TPSA) is 12.0 Å². The third kappa shape index (κ3) is 2.86. The second-order valence-electron chi connectivity index (χ2n) is 5.03. The molecule has 0 aliphatic heterocycles. The lowest BCUT2D eigenvalue weighted by molar-refractivity contribution is 0.448. The fourth-order valence-electron chi connectivity index (χ4n) is 2.63. The third-order valence-corrected chi connectivity index (χ3v) is 4.27. The summed E-state index contributed by atoms with van der Waals surface area (Å²) in [6, 6.07) is 9.63. The molecule has 1 aliphatic carbocycles. The van der Waals surface area contributed by atoms with Gasteiger partial charge < -0.3 is 5.32 Å². The molecule has 0 bridgehead atoms. The van der Waals surface area contributed by atoms with Crippen molar-refractivity contribution in [2.75, 3.05) is 0 Å². The summed E-state index contributed by atoms with van der Waals surface area (Å²) in [6.45, 7) is 4.61. The van der Waals surface area contributed by atoms with Gasteiger partial charge in [-0.3, -0.25) is 0 Å². The van der Waals surface area contributed by atoms with Crippen LogP contribution >= 0.6 is 15.9 Å². The zero-order valence-electron chi connectivity index (χ0n) is 10.0. The lowest BCUT2D eigenvalue weighted by Crippen LogP contribution is -2.29. The molecule has 2 rings (SSSR count). The summed E-state index contributed by atoms with van der Waals surface area (Å²) >= 11 is 3.62. The van der Waals surface area contributed by atoms with Crippen molar-refractivity contribution < 1.29 is 0 Å². The van der Waals surface area contributed by atoms with E-state index in [0.29, 0.717) is 12.1 Å². The Kier molecular flexibility index (Phi) is 4.04. The Bertz CT molecular complexity index is 350. The fraction of sp³-hybridized carbons (Fsp3) is 0.571. The van der Waals surface area contributed by atoms with Crippen LogP contribution in [0.1, 0.15) is 44.7 Å². The quantitative estimate of drug-likeness (QED) is 0.872. The van der Waals surface area contributed by atoms with Crippen LogP contribution in [-0.4, -0.2) is 6.04 Å². The molecule has 3 atom stereocenters. The molecule has 1 aromatic rings. The molecule has 0 aromatic heterocycles. The smallest absolute Gasteiger partial charge is 0.0305 e. The first-order chi connectivity index (χ1) is 7.66. The highest BCUT2D eigenvalue weighted by Gasteiger charge is 2.23. The minimum absolute atomic E-state index is 0.436. The predicted octanol–water partition coefficient (Wildman–Crippen LogP) is 4.29.